The number of pyridine rings is 2. The van der Waals surface area contributed by atoms with Gasteiger partial charge >= 0.3 is 0 Å². The van der Waals surface area contributed by atoms with E-state index < -0.39 is 8.80 Å². The third-order valence-corrected chi connectivity index (χ3v) is 8.85. The first-order valence-corrected chi connectivity index (χ1v) is 10.2. The predicted molar refractivity (Wildman–Crippen MR) is 106 cm³/mol. The predicted octanol–water partition coefficient (Wildman–Crippen LogP) is 4.21. The average Bonchev–Trinajstić information content (AvgIpc) is 2.64. The molecule has 0 N–H and O–H groups in total. The van der Waals surface area contributed by atoms with E-state index in [0.29, 0.717) is 0 Å². The van der Waals surface area contributed by atoms with E-state index in [9.17, 15) is 0 Å². The topological polar surface area (TPSA) is 25.8 Å². The molecule has 0 bridgehead atoms. The molecule has 0 spiro atoms. The van der Waals surface area contributed by atoms with Crippen LogP contribution in [-0.2, 0) is 10.1 Å². The molecule has 2 heterocycles. The van der Waals surface area contributed by atoms with Crippen molar-refractivity contribution in [3.63, 3.8) is 0 Å². The molecule has 0 aliphatic carbocycles. The molecule has 0 unspecified atom stereocenters. The maximum absolute atomic E-state index is 4.71. The minimum Gasteiger partial charge on any atom is -0.261 e. The fraction of sp³-hybridized carbons (Fsp3) is 0.273. The maximum atomic E-state index is 4.71. The minimum absolute atomic E-state index is 0.0473. The summed E-state index contributed by atoms with van der Waals surface area (Å²) < 4.78 is 0. The number of rotatable bonds is 5. The van der Waals surface area contributed by atoms with Crippen LogP contribution in [-0.4, -0.2) is 18.8 Å². The smallest absolute Gasteiger partial charge is 0.110 e. The zero-order valence-corrected chi connectivity index (χ0v) is 16.4. The standard InChI is InChI=1S/C22H25N2Si/c1-21(2,19-14-8-10-16-23-19)25(18-12-6-5-7-13-18)22(3,4)20-15-9-11-17-24-20/h5-17H,1-4H3. The third kappa shape index (κ3) is 3.42. The van der Waals surface area contributed by atoms with Crippen LogP contribution >= 0.6 is 0 Å². The van der Waals surface area contributed by atoms with Crippen molar-refractivity contribution >= 4 is 14.0 Å². The number of aromatic nitrogens is 2. The highest BCUT2D eigenvalue weighted by Crippen LogP contribution is 2.36. The lowest BCUT2D eigenvalue weighted by Crippen LogP contribution is -2.59. The summed E-state index contributed by atoms with van der Waals surface area (Å²) in [5.74, 6) is 0. The molecule has 3 heteroatoms. The Morgan fingerprint density at radius 3 is 1.44 bits per heavy atom. The van der Waals surface area contributed by atoms with E-state index in [4.69, 9.17) is 9.97 Å². The monoisotopic (exact) mass is 345 g/mol. The van der Waals surface area contributed by atoms with Gasteiger partial charge in [-0.3, -0.25) is 9.97 Å². The fourth-order valence-corrected chi connectivity index (χ4v) is 8.17. The van der Waals surface area contributed by atoms with Gasteiger partial charge in [0.1, 0.15) is 8.80 Å². The second-order valence-electron chi connectivity index (χ2n) is 7.42. The average molecular weight is 346 g/mol. The van der Waals surface area contributed by atoms with Crippen LogP contribution < -0.4 is 5.19 Å². The van der Waals surface area contributed by atoms with Crippen molar-refractivity contribution in [2.75, 3.05) is 0 Å². The number of benzene rings is 1. The molecule has 1 aromatic carbocycles. The van der Waals surface area contributed by atoms with Gasteiger partial charge < -0.3 is 0 Å². The molecule has 2 aromatic heterocycles. The minimum atomic E-state index is -1.10. The Balaban J connectivity index is 2.18. The van der Waals surface area contributed by atoms with Gasteiger partial charge in [0, 0.05) is 33.9 Å². The largest absolute Gasteiger partial charge is 0.261 e. The van der Waals surface area contributed by atoms with Crippen molar-refractivity contribution in [1.82, 2.24) is 9.97 Å². The van der Waals surface area contributed by atoms with Crippen molar-refractivity contribution in [2.24, 2.45) is 0 Å². The summed E-state index contributed by atoms with van der Waals surface area (Å²) in [6.07, 6.45) is 3.80. The highest BCUT2D eigenvalue weighted by atomic mass is 28.3. The summed E-state index contributed by atoms with van der Waals surface area (Å²) >= 11 is 0. The second-order valence-corrected chi connectivity index (χ2v) is 11.2. The van der Waals surface area contributed by atoms with Crippen molar-refractivity contribution in [1.29, 1.82) is 0 Å². The summed E-state index contributed by atoms with van der Waals surface area (Å²) in [6, 6.07) is 23.4. The lowest BCUT2D eigenvalue weighted by molar-refractivity contribution is 0.621. The van der Waals surface area contributed by atoms with Gasteiger partial charge in [-0.25, -0.2) is 0 Å². The van der Waals surface area contributed by atoms with Gasteiger partial charge in [-0.2, -0.15) is 0 Å². The van der Waals surface area contributed by atoms with E-state index in [1.54, 1.807) is 0 Å². The second kappa shape index (κ2) is 6.93. The Morgan fingerprint density at radius 2 is 1.04 bits per heavy atom. The highest BCUT2D eigenvalue weighted by Gasteiger charge is 2.46. The summed E-state index contributed by atoms with van der Waals surface area (Å²) in [5.41, 5.74) is 2.30. The van der Waals surface area contributed by atoms with Gasteiger partial charge in [-0.05, 0) is 24.3 Å². The molecule has 1 radical (unpaired) electrons. The van der Waals surface area contributed by atoms with Crippen LogP contribution in [0.3, 0.4) is 0 Å². The van der Waals surface area contributed by atoms with E-state index in [1.807, 2.05) is 24.5 Å². The third-order valence-electron chi connectivity index (χ3n) is 4.92. The molecule has 3 aromatic rings. The van der Waals surface area contributed by atoms with E-state index >= 15 is 0 Å². The van der Waals surface area contributed by atoms with Crippen LogP contribution in [0.5, 0.6) is 0 Å². The summed E-state index contributed by atoms with van der Waals surface area (Å²) in [7, 11) is -1.10. The molecule has 25 heavy (non-hydrogen) atoms. The molecule has 0 saturated carbocycles. The summed E-state index contributed by atoms with van der Waals surface area (Å²) in [5, 5.41) is 1.32. The molecule has 0 aliphatic heterocycles. The molecular weight excluding hydrogens is 320 g/mol. The SMILES string of the molecule is CC(C)(c1ccccn1)[Si](c1ccccc1)C(C)(C)c1ccccn1. The van der Waals surface area contributed by atoms with E-state index in [0.717, 1.165) is 11.4 Å². The Labute approximate surface area is 152 Å². The first-order chi connectivity index (χ1) is 11.9. The Morgan fingerprint density at radius 1 is 0.600 bits per heavy atom. The van der Waals surface area contributed by atoms with Gasteiger partial charge in [-0.15, -0.1) is 0 Å². The quantitative estimate of drug-likeness (QED) is 0.647. The van der Waals surface area contributed by atoms with Crippen LogP contribution in [0.2, 0.25) is 0 Å². The van der Waals surface area contributed by atoms with Gasteiger partial charge in [0.25, 0.3) is 0 Å². The Hall–Kier alpha value is -2.26. The zero-order valence-electron chi connectivity index (χ0n) is 15.4. The lowest BCUT2D eigenvalue weighted by atomic mass is 10.1. The number of hydrogen-bond acceptors (Lipinski definition) is 2. The first kappa shape index (κ1) is 17.6. The lowest BCUT2D eigenvalue weighted by Gasteiger charge is -2.43. The van der Waals surface area contributed by atoms with E-state index in [-0.39, 0.29) is 10.1 Å². The van der Waals surface area contributed by atoms with Crippen LogP contribution in [0.4, 0.5) is 0 Å². The van der Waals surface area contributed by atoms with Crippen molar-refractivity contribution in [3.05, 3.63) is 90.5 Å². The van der Waals surface area contributed by atoms with Crippen LogP contribution in [0.15, 0.2) is 79.1 Å². The number of nitrogens with zero attached hydrogens (tertiary/aromatic N) is 2. The van der Waals surface area contributed by atoms with Crippen LogP contribution in [0.1, 0.15) is 39.1 Å². The van der Waals surface area contributed by atoms with Crippen LogP contribution in [0.25, 0.3) is 0 Å². The van der Waals surface area contributed by atoms with Crippen molar-refractivity contribution in [3.8, 4) is 0 Å². The number of hydrogen-bond donors (Lipinski definition) is 0. The molecule has 0 amide bonds. The molecule has 0 aliphatic rings. The van der Waals surface area contributed by atoms with Crippen molar-refractivity contribution in [2.45, 2.75) is 37.8 Å². The van der Waals surface area contributed by atoms with Crippen molar-refractivity contribution < 1.29 is 0 Å². The highest BCUT2D eigenvalue weighted by molar-refractivity contribution is 6.78. The normalized spacial score (nSPS) is 12.4. The van der Waals surface area contributed by atoms with E-state index in [1.165, 1.54) is 5.19 Å². The molecule has 2 nitrogen and oxygen atoms in total. The van der Waals surface area contributed by atoms with E-state index in [2.05, 4.69) is 82.3 Å². The van der Waals surface area contributed by atoms with Gasteiger partial charge in [0.15, 0.2) is 0 Å². The first-order valence-electron chi connectivity index (χ1n) is 8.70. The van der Waals surface area contributed by atoms with Gasteiger partial charge in [-0.1, -0.05) is 75.3 Å². The zero-order chi connectivity index (χ0) is 17.9. The maximum Gasteiger partial charge on any atom is 0.110 e. The molecule has 127 valence electrons. The summed E-state index contributed by atoms with van der Waals surface area (Å²) in [6.45, 7) is 9.34. The summed E-state index contributed by atoms with van der Waals surface area (Å²) in [4.78, 5) is 9.42. The molecule has 3 rings (SSSR count). The molecular formula is C22H25N2Si. The molecule has 0 saturated heterocycles. The van der Waals surface area contributed by atoms with Crippen LogP contribution in [0, 0.1) is 0 Å². The fourth-order valence-electron chi connectivity index (χ4n) is 3.83. The molecule has 0 atom stereocenters. The van der Waals surface area contributed by atoms with Gasteiger partial charge in [0.05, 0.1) is 0 Å². The van der Waals surface area contributed by atoms with Gasteiger partial charge in [0.2, 0.25) is 0 Å². The Kier molecular flexibility index (Phi) is 4.86. The Bertz CT molecular complexity index is 748. The molecule has 0 fully saturated rings.